The first kappa shape index (κ1) is 18.9. The van der Waals surface area contributed by atoms with Crippen molar-refractivity contribution in [2.24, 2.45) is 5.73 Å². The van der Waals surface area contributed by atoms with Gasteiger partial charge < -0.3 is 22.7 Å². The molecule has 24 heavy (non-hydrogen) atoms. The van der Waals surface area contributed by atoms with E-state index < -0.39 is 7.26 Å². The summed E-state index contributed by atoms with van der Waals surface area (Å²) in [7, 11) is -1.65. The van der Waals surface area contributed by atoms with Gasteiger partial charge in [0.15, 0.2) is 0 Å². The third-order valence-corrected chi connectivity index (χ3v) is 8.81. The fourth-order valence-corrected chi connectivity index (χ4v) is 7.58. The van der Waals surface area contributed by atoms with Crippen LogP contribution in [0.2, 0.25) is 0 Å². The van der Waals surface area contributed by atoms with E-state index in [-0.39, 0.29) is 17.0 Å². The molecule has 0 aliphatic rings. The molecule has 124 valence electrons. The minimum absolute atomic E-state index is 0. The molecule has 2 N–H and O–H groups in total. The van der Waals surface area contributed by atoms with Gasteiger partial charge in [-0.05, 0) is 49.4 Å². The molecule has 0 saturated heterocycles. The summed E-state index contributed by atoms with van der Waals surface area (Å²) in [6.45, 7) is 0.730. The smallest absolute Gasteiger partial charge is 0.112 e. The van der Waals surface area contributed by atoms with Crippen LogP contribution in [0.5, 0.6) is 0 Å². The first-order valence-corrected chi connectivity index (χ1v) is 10.1. The Morgan fingerprint density at radius 2 is 0.917 bits per heavy atom. The van der Waals surface area contributed by atoms with E-state index in [1.54, 1.807) is 0 Å². The predicted octanol–water partition coefficient (Wildman–Crippen LogP) is 0.333. The Morgan fingerprint density at radius 3 is 1.21 bits per heavy atom. The normalized spacial score (nSPS) is 10.9. The monoisotopic (exact) mass is 399 g/mol. The number of halogens is 1. The van der Waals surface area contributed by atoms with Gasteiger partial charge in [-0.1, -0.05) is 54.6 Å². The van der Waals surface area contributed by atoms with Crippen molar-refractivity contribution in [2.75, 3.05) is 12.7 Å². The Bertz CT molecular complexity index is 620. The number of rotatable bonds is 6. The Balaban J connectivity index is 0.00000208. The van der Waals surface area contributed by atoms with Gasteiger partial charge in [0.05, 0.1) is 6.16 Å². The summed E-state index contributed by atoms with van der Waals surface area (Å²) in [6.07, 6.45) is 2.15. The lowest BCUT2D eigenvalue weighted by Gasteiger charge is -2.27. The molecule has 0 saturated carbocycles. The van der Waals surface area contributed by atoms with Gasteiger partial charge in [-0.25, -0.2) is 0 Å². The van der Waals surface area contributed by atoms with Crippen molar-refractivity contribution in [1.29, 1.82) is 0 Å². The van der Waals surface area contributed by atoms with Crippen molar-refractivity contribution in [2.45, 2.75) is 6.42 Å². The maximum absolute atomic E-state index is 5.89. The summed E-state index contributed by atoms with van der Waals surface area (Å²) in [4.78, 5) is 0. The highest BCUT2D eigenvalue weighted by atomic mass is 79.9. The third-order valence-electron chi connectivity index (χ3n) is 4.29. The summed E-state index contributed by atoms with van der Waals surface area (Å²) in [5, 5.41) is 4.31. The SMILES string of the molecule is NCCC[P+](c1ccccc1)(c1ccccc1)c1ccccc1.[Br-]. The van der Waals surface area contributed by atoms with Crippen LogP contribution in [0.25, 0.3) is 0 Å². The average Bonchev–Trinajstić information content (AvgIpc) is 2.65. The summed E-state index contributed by atoms with van der Waals surface area (Å²) >= 11 is 0. The molecule has 3 rings (SSSR count). The summed E-state index contributed by atoms with van der Waals surface area (Å²) in [5.41, 5.74) is 5.89. The molecule has 1 nitrogen and oxygen atoms in total. The fraction of sp³-hybridized carbons (Fsp3) is 0.143. The number of nitrogens with two attached hydrogens (primary N) is 1. The molecular formula is C21H23BrNP. The molecule has 0 spiro atoms. The van der Waals surface area contributed by atoms with Crippen molar-refractivity contribution >= 4 is 23.2 Å². The van der Waals surface area contributed by atoms with Crippen LogP contribution in [0.4, 0.5) is 0 Å². The van der Waals surface area contributed by atoms with Crippen LogP contribution in [0.3, 0.4) is 0 Å². The van der Waals surface area contributed by atoms with Crippen LogP contribution in [-0.2, 0) is 0 Å². The number of hydrogen-bond acceptors (Lipinski definition) is 1. The highest BCUT2D eigenvalue weighted by Gasteiger charge is 2.44. The molecule has 3 aromatic rings. The molecule has 0 aliphatic carbocycles. The fourth-order valence-electron chi connectivity index (χ4n) is 3.21. The topological polar surface area (TPSA) is 26.0 Å². The quantitative estimate of drug-likeness (QED) is 0.594. The minimum Gasteiger partial charge on any atom is -1.00 e. The molecule has 0 bridgehead atoms. The standard InChI is InChI=1S/C21H23NP.BrH/c22-17-10-18-23(19-11-4-1-5-12-19,20-13-6-2-7-14-20)21-15-8-3-9-16-21;/h1-9,11-16H,10,17-18,22H2;1H/q+1;/p-1. The van der Waals surface area contributed by atoms with Crippen molar-refractivity contribution in [3.63, 3.8) is 0 Å². The minimum atomic E-state index is -1.65. The zero-order valence-corrected chi connectivity index (χ0v) is 16.2. The van der Waals surface area contributed by atoms with Crippen molar-refractivity contribution < 1.29 is 17.0 Å². The van der Waals surface area contributed by atoms with E-state index >= 15 is 0 Å². The Hall–Kier alpha value is -1.47. The summed E-state index contributed by atoms with van der Waals surface area (Å²) in [5.74, 6) is 0. The Morgan fingerprint density at radius 1 is 0.583 bits per heavy atom. The number of benzene rings is 3. The summed E-state index contributed by atoms with van der Waals surface area (Å²) in [6, 6.07) is 32.9. The van der Waals surface area contributed by atoms with Crippen LogP contribution < -0.4 is 38.6 Å². The van der Waals surface area contributed by atoms with Gasteiger partial charge in [0.25, 0.3) is 0 Å². The molecule has 0 atom stereocenters. The van der Waals surface area contributed by atoms with Crippen LogP contribution in [0.1, 0.15) is 6.42 Å². The second-order valence-corrected chi connectivity index (χ2v) is 9.30. The van der Waals surface area contributed by atoms with E-state index in [1.807, 2.05) is 0 Å². The van der Waals surface area contributed by atoms with Gasteiger partial charge in [0.1, 0.15) is 23.2 Å². The van der Waals surface area contributed by atoms with Crippen molar-refractivity contribution in [3.05, 3.63) is 91.0 Å². The third kappa shape index (κ3) is 3.78. The van der Waals surface area contributed by atoms with Gasteiger partial charge in [0.2, 0.25) is 0 Å². The first-order valence-electron chi connectivity index (χ1n) is 8.13. The van der Waals surface area contributed by atoms with Gasteiger partial charge in [0, 0.05) is 0 Å². The van der Waals surface area contributed by atoms with E-state index in [0.29, 0.717) is 0 Å². The maximum atomic E-state index is 5.89. The maximum Gasteiger partial charge on any atom is 0.112 e. The summed E-state index contributed by atoms with van der Waals surface area (Å²) < 4.78 is 0. The lowest BCUT2D eigenvalue weighted by Crippen LogP contribution is -3.00. The molecule has 0 amide bonds. The molecular weight excluding hydrogens is 377 g/mol. The first-order chi connectivity index (χ1) is 11.4. The van der Waals surface area contributed by atoms with Crippen LogP contribution in [0, 0.1) is 0 Å². The van der Waals surface area contributed by atoms with Crippen LogP contribution in [0.15, 0.2) is 91.0 Å². The second-order valence-electron chi connectivity index (χ2n) is 5.68. The molecule has 0 fully saturated rings. The Labute approximate surface area is 156 Å². The average molecular weight is 400 g/mol. The molecule has 3 aromatic carbocycles. The molecule has 0 unspecified atom stereocenters. The lowest BCUT2D eigenvalue weighted by atomic mass is 10.4. The largest absolute Gasteiger partial charge is 1.00 e. The van der Waals surface area contributed by atoms with E-state index in [1.165, 1.54) is 15.9 Å². The second kappa shape index (κ2) is 9.13. The Kier molecular flexibility index (Phi) is 7.17. The molecule has 0 aromatic heterocycles. The van der Waals surface area contributed by atoms with Crippen LogP contribution >= 0.6 is 7.26 Å². The van der Waals surface area contributed by atoms with E-state index in [0.717, 1.165) is 19.1 Å². The van der Waals surface area contributed by atoms with Gasteiger partial charge in [-0.15, -0.1) is 0 Å². The molecule has 3 heteroatoms. The van der Waals surface area contributed by atoms with Gasteiger partial charge >= 0.3 is 0 Å². The van der Waals surface area contributed by atoms with Crippen molar-refractivity contribution in [3.8, 4) is 0 Å². The van der Waals surface area contributed by atoms with Gasteiger partial charge in [-0.2, -0.15) is 0 Å². The highest BCUT2D eigenvalue weighted by Crippen LogP contribution is 2.55. The molecule has 0 heterocycles. The zero-order valence-electron chi connectivity index (χ0n) is 13.7. The predicted molar refractivity (Wildman–Crippen MR) is 104 cm³/mol. The van der Waals surface area contributed by atoms with E-state index in [4.69, 9.17) is 5.73 Å². The van der Waals surface area contributed by atoms with Gasteiger partial charge in [-0.3, -0.25) is 0 Å². The lowest BCUT2D eigenvalue weighted by molar-refractivity contribution is -0.00000457. The van der Waals surface area contributed by atoms with E-state index in [9.17, 15) is 0 Å². The highest BCUT2D eigenvalue weighted by molar-refractivity contribution is 7.95. The van der Waals surface area contributed by atoms with Crippen LogP contribution in [-0.4, -0.2) is 12.7 Å². The number of hydrogen-bond donors (Lipinski definition) is 1. The molecule has 0 aliphatic heterocycles. The zero-order chi connectivity index (χ0) is 16.0. The van der Waals surface area contributed by atoms with Crippen molar-refractivity contribution in [1.82, 2.24) is 0 Å². The van der Waals surface area contributed by atoms with E-state index in [2.05, 4.69) is 91.0 Å². The molecule has 0 radical (unpaired) electrons.